The zero-order valence-corrected chi connectivity index (χ0v) is 18.2. The summed E-state index contributed by atoms with van der Waals surface area (Å²) >= 11 is 7.39. The Balaban J connectivity index is 1.59. The van der Waals surface area contributed by atoms with Crippen LogP contribution < -0.4 is 4.74 Å². The van der Waals surface area contributed by atoms with Crippen LogP contribution in [0.2, 0.25) is 5.02 Å². The molecule has 2 heterocycles. The van der Waals surface area contributed by atoms with Gasteiger partial charge in [0.25, 0.3) is 0 Å². The predicted octanol–water partition coefficient (Wildman–Crippen LogP) is 5.48. The molecule has 0 amide bonds. The van der Waals surface area contributed by atoms with Crippen LogP contribution in [0.15, 0.2) is 66.0 Å². The average Bonchev–Trinajstić information content (AvgIpc) is 3.17. The number of hydrogen-bond acceptors (Lipinski definition) is 5. The van der Waals surface area contributed by atoms with Gasteiger partial charge in [0.2, 0.25) is 5.88 Å². The average molecular weight is 438 g/mol. The number of benzene rings is 2. The highest BCUT2D eigenvalue weighted by atomic mass is 35.5. The van der Waals surface area contributed by atoms with E-state index in [-0.39, 0.29) is 5.78 Å². The lowest BCUT2D eigenvalue weighted by molar-refractivity contribution is 0.103. The van der Waals surface area contributed by atoms with Gasteiger partial charge in [-0.1, -0.05) is 47.6 Å². The lowest BCUT2D eigenvalue weighted by atomic mass is 10.0. The van der Waals surface area contributed by atoms with Crippen LogP contribution in [-0.4, -0.2) is 33.2 Å². The fourth-order valence-corrected chi connectivity index (χ4v) is 3.69. The summed E-state index contributed by atoms with van der Waals surface area (Å²) in [6, 6.07) is 16.5. The molecule has 0 unspecified atom stereocenters. The molecular formula is C23H20ClN3O2S. The number of ketones is 1. The number of fused-ring (bicyclic) bond motifs is 1. The molecule has 2 aromatic heterocycles. The number of carbonyl (C=O) groups excluding carboxylic acids is 1. The van der Waals surface area contributed by atoms with Gasteiger partial charge in [-0.2, -0.15) is 4.98 Å². The van der Waals surface area contributed by atoms with Crippen LogP contribution in [0.5, 0.6) is 5.88 Å². The second-order valence-corrected chi connectivity index (χ2v) is 7.87. The summed E-state index contributed by atoms with van der Waals surface area (Å²) in [5, 5.41) is 2.18. The van der Waals surface area contributed by atoms with Gasteiger partial charge in [-0.05, 0) is 49.1 Å². The number of ether oxygens (including phenoxy) is 1. The van der Waals surface area contributed by atoms with Crippen LogP contribution in [0.1, 0.15) is 28.4 Å². The number of thioether (sulfide) groups is 1. The highest BCUT2D eigenvalue weighted by molar-refractivity contribution is 7.98. The maximum Gasteiger partial charge on any atom is 0.227 e. The molecule has 30 heavy (non-hydrogen) atoms. The van der Waals surface area contributed by atoms with Crippen molar-refractivity contribution in [3.8, 4) is 5.88 Å². The van der Waals surface area contributed by atoms with Crippen LogP contribution in [0.4, 0.5) is 0 Å². The zero-order chi connectivity index (χ0) is 21.1. The molecule has 0 aliphatic heterocycles. The fourth-order valence-electron chi connectivity index (χ4n) is 3.21. The quantitative estimate of drug-likeness (QED) is 0.217. The van der Waals surface area contributed by atoms with Crippen molar-refractivity contribution in [2.24, 2.45) is 0 Å². The lowest BCUT2D eigenvalue weighted by Gasteiger charge is -2.09. The first-order valence-electron chi connectivity index (χ1n) is 9.52. The fraction of sp³-hybridized carbons (Fsp3) is 0.174. The molecule has 0 aliphatic rings. The molecular weight excluding hydrogens is 418 g/mol. The lowest BCUT2D eigenvalue weighted by Crippen LogP contribution is -2.04. The second-order valence-electron chi connectivity index (χ2n) is 6.66. The number of nitrogens with zero attached hydrogens (tertiary/aromatic N) is 3. The molecule has 4 aromatic rings. The third-order valence-electron chi connectivity index (χ3n) is 4.70. The molecule has 0 saturated carbocycles. The van der Waals surface area contributed by atoms with E-state index in [9.17, 15) is 4.79 Å². The Bertz CT molecular complexity index is 1190. The van der Waals surface area contributed by atoms with Crippen molar-refractivity contribution in [1.29, 1.82) is 0 Å². The Hall–Kier alpha value is -2.83. The molecule has 0 saturated heterocycles. The normalized spacial score (nSPS) is 11.0. The summed E-state index contributed by atoms with van der Waals surface area (Å²) in [5.41, 5.74) is 3.17. The van der Waals surface area contributed by atoms with Gasteiger partial charge in [0.1, 0.15) is 5.65 Å². The molecule has 0 atom stereocenters. The van der Waals surface area contributed by atoms with Crippen LogP contribution in [0.25, 0.3) is 11.0 Å². The third kappa shape index (κ3) is 4.20. The summed E-state index contributed by atoms with van der Waals surface area (Å²) in [6.45, 7) is 3.13. The number of hydrogen-bond donors (Lipinski definition) is 0. The van der Waals surface area contributed by atoms with Crippen molar-refractivity contribution >= 4 is 40.2 Å². The molecule has 0 N–H and O–H groups in total. The smallest absolute Gasteiger partial charge is 0.227 e. The van der Waals surface area contributed by atoms with E-state index >= 15 is 0 Å². The van der Waals surface area contributed by atoms with E-state index < -0.39 is 0 Å². The summed E-state index contributed by atoms with van der Waals surface area (Å²) in [6.07, 6.45) is 3.93. The Morgan fingerprint density at radius 2 is 1.70 bits per heavy atom. The molecule has 5 nitrogen and oxygen atoms in total. The van der Waals surface area contributed by atoms with Gasteiger partial charge in [0.15, 0.2) is 10.9 Å². The van der Waals surface area contributed by atoms with E-state index in [2.05, 4.69) is 14.5 Å². The first-order chi connectivity index (χ1) is 14.6. The third-order valence-corrected chi connectivity index (χ3v) is 5.50. The molecule has 7 heteroatoms. The molecule has 152 valence electrons. The first-order valence-corrected chi connectivity index (χ1v) is 11.1. The topological polar surface area (TPSA) is 57.0 Å². The van der Waals surface area contributed by atoms with Crippen molar-refractivity contribution in [2.75, 3.05) is 12.9 Å². The largest absolute Gasteiger partial charge is 0.477 e. The van der Waals surface area contributed by atoms with E-state index in [1.54, 1.807) is 24.3 Å². The summed E-state index contributed by atoms with van der Waals surface area (Å²) in [7, 11) is 0. The summed E-state index contributed by atoms with van der Waals surface area (Å²) in [5.74, 6) is 0.581. The SMILES string of the molecule is CCOc1nc(SC)nc2c1ccn2Cc1ccc(C(=O)c2ccc(Cl)cc2)cc1. The van der Waals surface area contributed by atoms with Gasteiger partial charge < -0.3 is 9.30 Å². The van der Waals surface area contributed by atoms with Crippen molar-refractivity contribution < 1.29 is 9.53 Å². The van der Waals surface area contributed by atoms with Crippen LogP contribution in [0, 0.1) is 0 Å². The molecule has 4 rings (SSSR count). The van der Waals surface area contributed by atoms with Crippen molar-refractivity contribution in [2.45, 2.75) is 18.6 Å². The van der Waals surface area contributed by atoms with Crippen molar-refractivity contribution in [3.63, 3.8) is 0 Å². The predicted molar refractivity (Wildman–Crippen MR) is 121 cm³/mol. The van der Waals surface area contributed by atoms with E-state index in [1.807, 2.05) is 49.7 Å². The van der Waals surface area contributed by atoms with E-state index in [4.69, 9.17) is 16.3 Å². The van der Waals surface area contributed by atoms with E-state index in [1.165, 1.54) is 11.8 Å². The molecule has 0 aliphatic carbocycles. The number of aromatic nitrogens is 3. The van der Waals surface area contributed by atoms with Crippen LogP contribution in [-0.2, 0) is 6.54 Å². The van der Waals surface area contributed by atoms with Gasteiger partial charge in [0.05, 0.1) is 12.0 Å². The number of rotatable bonds is 7. The molecule has 0 spiro atoms. The minimum atomic E-state index is -0.0247. The minimum Gasteiger partial charge on any atom is -0.477 e. The minimum absolute atomic E-state index is 0.0247. The molecule has 0 radical (unpaired) electrons. The van der Waals surface area contributed by atoms with E-state index in [0.717, 1.165) is 16.6 Å². The monoisotopic (exact) mass is 437 g/mol. The van der Waals surface area contributed by atoms with Crippen molar-refractivity contribution in [1.82, 2.24) is 14.5 Å². The second kappa shape index (κ2) is 8.90. The summed E-state index contributed by atoms with van der Waals surface area (Å²) in [4.78, 5) is 21.8. The molecule has 0 bridgehead atoms. The molecule has 2 aromatic carbocycles. The van der Waals surface area contributed by atoms with Crippen LogP contribution >= 0.6 is 23.4 Å². The van der Waals surface area contributed by atoms with Gasteiger partial charge >= 0.3 is 0 Å². The van der Waals surface area contributed by atoms with E-state index in [0.29, 0.717) is 40.3 Å². The van der Waals surface area contributed by atoms with Gasteiger partial charge in [-0.25, -0.2) is 4.98 Å². The van der Waals surface area contributed by atoms with Crippen molar-refractivity contribution in [3.05, 3.63) is 82.5 Å². The highest BCUT2D eigenvalue weighted by Crippen LogP contribution is 2.27. The maximum absolute atomic E-state index is 12.6. The zero-order valence-electron chi connectivity index (χ0n) is 16.6. The Morgan fingerprint density at radius 1 is 1.03 bits per heavy atom. The Morgan fingerprint density at radius 3 is 2.33 bits per heavy atom. The van der Waals surface area contributed by atoms with Gasteiger partial charge in [0, 0.05) is 28.9 Å². The van der Waals surface area contributed by atoms with Gasteiger partial charge in [-0.3, -0.25) is 4.79 Å². The van der Waals surface area contributed by atoms with Gasteiger partial charge in [-0.15, -0.1) is 0 Å². The summed E-state index contributed by atoms with van der Waals surface area (Å²) < 4.78 is 7.76. The number of carbonyl (C=O) groups is 1. The Labute approximate surface area is 184 Å². The Kier molecular flexibility index (Phi) is 6.06. The highest BCUT2D eigenvalue weighted by Gasteiger charge is 2.13. The maximum atomic E-state index is 12.6. The molecule has 0 fully saturated rings. The van der Waals surface area contributed by atoms with Crippen LogP contribution in [0.3, 0.4) is 0 Å². The standard InChI is InChI=1S/C23H20ClN3O2S/c1-3-29-22-19-12-13-27(21(19)25-23(26-22)30-2)14-15-4-6-16(7-5-15)20(28)17-8-10-18(24)11-9-17/h4-13H,3,14H2,1-2H3. The first kappa shape index (κ1) is 20.4. The number of halogens is 1.